The van der Waals surface area contributed by atoms with E-state index in [4.69, 9.17) is 16.2 Å². The molecule has 0 unspecified atom stereocenters. The summed E-state index contributed by atoms with van der Waals surface area (Å²) in [5, 5.41) is 0. The van der Waals surface area contributed by atoms with Crippen molar-refractivity contribution in [2.75, 3.05) is 7.11 Å². The molecule has 13 heavy (non-hydrogen) atoms. The molecule has 0 saturated carbocycles. The zero-order chi connectivity index (χ0) is 9.84. The van der Waals surface area contributed by atoms with Gasteiger partial charge in [0.1, 0.15) is 11.4 Å². The quantitative estimate of drug-likeness (QED) is 0.524. The first-order valence-corrected chi connectivity index (χ1v) is 3.56. The van der Waals surface area contributed by atoms with Crippen molar-refractivity contribution in [3.8, 4) is 5.75 Å². The molecule has 4 N–H and O–H groups in total. The van der Waals surface area contributed by atoms with Gasteiger partial charge in [-0.25, -0.2) is 9.38 Å². The fraction of sp³-hybridized carbons (Fsp3) is 0.125. The van der Waals surface area contributed by atoms with Crippen LogP contribution in [0.5, 0.6) is 5.75 Å². The zero-order valence-electron chi connectivity index (χ0n) is 7.12. The summed E-state index contributed by atoms with van der Waals surface area (Å²) in [6.45, 7) is 0. The van der Waals surface area contributed by atoms with Crippen LogP contribution in [0.2, 0.25) is 0 Å². The molecule has 0 aliphatic heterocycles. The SMILES string of the molecule is COc1ccc(N=C(N)N)c(F)c1. The maximum Gasteiger partial charge on any atom is 0.191 e. The number of guanidine groups is 1. The minimum Gasteiger partial charge on any atom is -0.497 e. The van der Waals surface area contributed by atoms with Crippen LogP contribution in [0.15, 0.2) is 23.2 Å². The molecule has 0 aliphatic carbocycles. The minimum absolute atomic E-state index is 0.0980. The van der Waals surface area contributed by atoms with Gasteiger partial charge in [-0.2, -0.15) is 0 Å². The van der Waals surface area contributed by atoms with Gasteiger partial charge in [0.2, 0.25) is 0 Å². The molecule has 0 saturated heterocycles. The van der Waals surface area contributed by atoms with E-state index < -0.39 is 5.82 Å². The Morgan fingerprint density at radius 1 is 1.46 bits per heavy atom. The number of benzene rings is 1. The Hall–Kier alpha value is -1.78. The second-order valence-corrected chi connectivity index (χ2v) is 2.35. The Kier molecular flexibility index (Phi) is 2.69. The summed E-state index contributed by atoms with van der Waals surface area (Å²) in [7, 11) is 1.45. The molecule has 0 aliphatic rings. The van der Waals surface area contributed by atoms with Crippen LogP contribution >= 0.6 is 0 Å². The van der Waals surface area contributed by atoms with Crippen LogP contribution < -0.4 is 16.2 Å². The van der Waals surface area contributed by atoms with Crippen LogP contribution in [0.3, 0.4) is 0 Å². The van der Waals surface area contributed by atoms with E-state index >= 15 is 0 Å². The van der Waals surface area contributed by atoms with Crippen molar-refractivity contribution in [1.82, 2.24) is 0 Å². The van der Waals surface area contributed by atoms with Crippen LogP contribution in [0.25, 0.3) is 0 Å². The normalized spacial score (nSPS) is 9.38. The summed E-state index contributed by atoms with van der Waals surface area (Å²) < 4.78 is 17.9. The number of nitrogens with zero attached hydrogens (tertiary/aromatic N) is 1. The number of halogens is 1. The van der Waals surface area contributed by atoms with Gasteiger partial charge in [0.05, 0.1) is 7.11 Å². The van der Waals surface area contributed by atoms with Gasteiger partial charge in [0, 0.05) is 6.07 Å². The standard InChI is InChI=1S/C8H10FN3O/c1-13-5-2-3-7(6(9)4-5)12-8(10)11/h2-4H,1H3,(H4,10,11,12). The molecular weight excluding hydrogens is 173 g/mol. The van der Waals surface area contributed by atoms with Gasteiger partial charge in [-0.05, 0) is 12.1 Å². The predicted molar refractivity (Wildman–Crippen MR) is 48.4 cm³/mol. The molecule has 70 valence electrons. The van der Waals surface area contributed by atoms with Crippen molar-refractivity contribution in [2.24, 2.45) is 16.5 Å². The van der Waals surface area contributed by atoms with Crippen LogP contribution in [0, 0.1) is 5.82 Å². The molecule has 1 rings (SSSR count). The van der Waals surface area contributed by atoms with Gasteiger partial charge in [-0.3, -0.25) is 0 Å². The zero-order valence-corrected chi connectivity index (χ0v) is 7.12. The Morgan fingerprint density at radius 3 is 2.62 bits per heavy atom. The molecule has 0 bridgehead atoms. The fourth-order valence-electron chi connectivity index (χ4n) is 0.844. The van der Waals surface area contributed by atoms with Gasteiger partial charge >= 0.3 is 0 Å². The van der Waals surface area contributed by atoms with Gasteiger partial charge in [-0.15, -0.1) is 0 Å². The third-order valence-electron chi connectivity index (χ3n) is 1.40. The molecule has 4 nitrogen and oxygen atoms in total. The van der Waals surface area contributed by atoms with Crippen molar-refractivity contribution in [2.45, 2.75) is 0 Å². The lowest BCUT2D eigenvalue weighted by atomic mass is 10.3. The van der Waals surface area contributed by atoms with E-state index in [0.717, 1.165) is 0 Å². The highest BCUT2D eigenvalue weighted by atomic mass is 19.1. The molecule has 0 amide bonds. The second kappa shape index (κ2) is 3.75. The maximum atomic E-state index is 13.1. The summed E-state index contributed by atoms with van der Waals surface area (Å²) in [5.74, 6) is -0.274. The Morgan fingerprint density at radius 2 is 2.15 bits per heavy atom. The van der Waals surface area contributed by atoms with Crippen molar-refractivity contribution in [3.63, 3.8) is 0 Å². The average molecular weight is 183 g/mol. The third kappa shape index (κ3) is 2.33. The molecular formula is C8H10FN3O. The van der Waals surface area contributed by atoms with Crippen LogP contribution in [-0.4, -0.2) is 13.1 Å². The Bertz CT molecular complexity index is 334. The monoisotopic (exact) mass is 183 g/mol. The number of rotatable bonds is 2. The molecule has 0 atom stereocenters. The Labute approximate surface area is 75.0 Å². The van der Waals surface area contributed by atoms with Crippen molar-refractivity contribution < 1.29 is 9.13 Å². The third-order valence-corrected chi connectivity index (χ3v) is 1.40. The largest absolute Gasteiger partial charge is 0.497 e. The molecule has 0 spiro atoms. The summed E-state index contributed by atoms with van der Waals surface area (Å²) in [4.78, 5) is 3.58. The van der Waals surface area contributed by atoms with Crippen molar-refractivity contribution >= 4 is 11.6 Å². The molecule has 0 fully saturated rings. The van der Waals surface area contributed by atoms with E-state index in [1.54, 1.807) is 6.07 Å². The second-order valence-electron chi connectivity index (χ2n) is 2.35. The van der Waals surface area contributed by atoms with E-state index in [1.165, 1.54) is 19.2 Å². The van der Waals surface area contributed by atoms with E-state index in [1.807, 2.05) is 0 Å². The number of nitrogens with two attached hydrogens (primary N) is 2. The van der Waals surface area contributed by atoms with Gasteiger partial charge < -0.3 is 16.2 Å². The molecule has 0 aromatic heterocycles. The summed E-state index contributed by atoms with van der Waals surface area (Å²) in [6.07, 6.45) is 0. The van der Waals surface area contributed by atoms with Crippen LogP contribution in [0.4, 0.5) is 10.1 Å². The number of methoxy groups -OCH3 is 1. The van der Waals surface area contributed by atoms with E-state index in [2.05, 4.69) is 4.99 Å². The first kappa shape index (κ1) is 9.31. The molecule has 0 radical (unpaired) electrons. The number of ether oxygens (including phenoxy) is 1. The first-order valence-electron chi connectivity index (χ1n) is 3.56. The van der Waals surface area contributed by atoms with E-state index in [-0.39, 0.29) is 11.6 Å². The smallest absolute Gasteiger partial charge is 0.191 e. The average Bonchev–Trinajstić information content (AvgIpc) is 2.08. The summed E-state index contributed by atoms with van der Waals surface area (Å²) >= 11 is 0. The minimum atomic E-state index is -0.521. The molecule has 0 heterocycles. The van der Waals surface area contributed by atoms with E-state index in [0.29, 0.717) is 5.75 Å². The highest BCUT2D eigenvalue weighted by Crippen LogP contribution is 2.22. The van der Waals surface area contributed by atoms with Crippen molar-refractivity contribution in [3.05, 3.63) is 24.0 Å². The summed E-state index contributed by atoms with van der Waals surface area (Å²) in [6, 6.07) is 4.22. The highest BCUT2D eigenvalue weighted by molar-refractivity contribution is 5.79. The van der Waals surface area contributed by atoms with Gasteiger partial charge in [-0.1, -0.05) is 0 Å². The predicted octanol–water partition coefficient (Wildman–Crippen LogP) is 0.739. The molecule has 5 heteroatoms. The molecule has 1 aromatic rings. The van der Waals surface area contributed by atoms with Crippen molar-refractivity contribution in [1.29, 1.82) is 0 Å². The molecule has 1 aromatic carbocycles. The summed E-state index contributed by atoms with van der Waals surface area (Å²) in [5.41, 5.74) is 10.3. The fourth-order valence-corrected chi connectivity index (χ4v) is 0.844. The number of aliphatic imine (C=N–C) groups is 1. The van der Waals surface area contributed by atoms with Crippen LogP contribution in [-0.2, 0) is 0 Å². The lowest BCUT2D eigenvalue weighted by Gasteiger charge is -2.01. The van der Waals surface area contributed by atoms with Gasteiger partial charge in [0.25, 0.3) is 0 Å². The lowest BCUT2D eigenvalue weighted by molar-refractivity contribution is 0.411. The highest BCUT2D eigenvalue weighted by Gasteiger charge is 2.02. The van der Waals surface area contributed by atoms with Crippen LogP contribution in [0.1, 0.15) is 0 Å². The first-order chi connectivity index (χ1) is 6.13. The van der Waals surface area contributed by atoms with Gasteiger partial charge in [0.15, 0.2) is 11.8 Å². The lowest BCUT2D eigenvalue weighted by Crippen LogP contribution is -2.22. The van der Waals surface area contributed by atoms with E-state index in [9.17, 15) is 4.39 Å². The Balaban J connectivity index is 3.05. The topological polar surface area (TPSA) is 73.6 Å². The number of hydrogen-bond acceptors (Lipinski definition) is 2. The maximum absolute atomic E-state index is 13.1. The number of hydrogen-bond donors (Lipinski definition) is 2.